The number of benzene rings is 1. The summed E-state index contributed by atoms with van der Waals surface area (Å²) in [5, 5.41) is 0. The summed E-state index contributed by atoms with van der Waals surface area (Å²) in [4.78, 5) is 0. The minimum absolute atomic E-state index is 0.140. The zero-order valence-electron chi connectivity index (χ0n) is 9.95. The van der Waals surface area contributed by atoms with Crippen LogP contribution in [0.25, 0.3) is 0 Å². The maximum absolute atomic E-state index is 5.85. The normalized spacial score (nSPS) is 16.2. The number of rotatable bonds is 3. The number of nitrogens with two attached hydrogens (primary N) is 1. The second-order valence-corrected chi connectivity index (χ2v) is 4.41. The molecule has 1 heterocycles. The van der Waals surface area contributed by atoms with E-state index in [1.807, 2.05) is 13.0 Å². The van der Waals surface area contributed by atoms with Gasteiger partial charge in [-0.2, -0.15) is 0 Å². The number of methoxy groups -OCH3 is 1. The maximum Gasteiger partial charge on any atom is 0.125 e. The van der Waals surface area contributed by atoms with E-state index in [-0.39, 0.29) is 6.04 Å². The smallest absolute Gasteiger partial charge is 0.125 e. The third kappa shape index (κ3) is 2.30. The van der Waals surface area contributed by atoms with Gasteiger partial charge in [-0.3, -0.25) is 0 Å². The lowest BCUT2D eigenvalue weighted by atomic mass is 9.98. The molecule has 0 aromatic heterocycles. The van der Waals surface area contributed by atoms with Crippen molar-refractivity contribution in [3.05, 3.63) is 23.3 Å². The molecule has 1 atom stereocenters. The van der Waals surface area contributed by atoms with Crippen LogP contribution in [-0.4, -0.2) is 19.8 Å². The summed E-state index contributed by atoms with van der Waals surface area (Å²) in [6.07, 6.45) is 2.98. The van der Waals surface area contributed by atoms with Crippen molar-refractivity contribution in [3.8, 4) is 11.5 Å². The molecule has 0 spiro atoms. The van der Waals surface area contributed by atoms with Gasteiger partial charge < -0.3 is 15.2 Å². The van der Waals surface area contributed by atoms with E-state index in [1.165, 1.54) is 11.1 Å². The molecule has 88 valence electrons. The molecule has 1 unspecified atom stereocenters. The van der Waals surface area contributed by atoms with Gasteiger partial charge >= 0.3 is 0 Å². The van der Waals surface area contributed by atoms with Gasteiger partial charge in [-0.15, -0.1) is 0 Å². The standard InChI is InChI=1S/C13H19NO2/c1-9(14)6-11-8-12(15-2)7-10-4-3-5-16-13(10)11/h7-9H,3-6,14H2,1-2H3. The van der Waals surface area contributed by atoms with Crippen molar-refractivity contribution >= 4 is 0 Å². The van der Waals surface area contributed by atoms with Crippen molar-refractivity contribution in [1.29, 1.82) is 0 Å². The van der Waals surface area contributed by atoms with Gasteiger partial charge in [-0.25, -0.2) is 0 Å². The number of hydrogen-bond donors (Lipinski definition) is 1. The van der Waals surface area contributed by atoms with Crippen LogP contribution >= 0.6 is 0 Å². The zero-order chi connectivity index (χ0) is 11.5. The van der Waals surface area contributed by atoms with Crippen LogP contribution in [0.4, 0.5) is 0 Å². The van der Waals surface area contributed by atoms with Crippen molar-refractivity contribution in [2.45, 2.75) is 32.2 Å². The quantitative estimate of drug-likeness (QED) is 0.848. The molecule has 3 heteroatoms. The first-order chi connectivity index (χ1) is 7.70. The molecular weight excluding hydrogens is 202 g/mol. The highest BCUT2D eigenvalue weighted by Crippen LogP contribution is 2.33. The first-order valence-corrected chi connectivity index (χ1v) is 5.79. The summed E-state index contributed by atoms with van der Waals surface area (Å²) >= 11 is 0. The van der Waals surface area contributed by atoms with Crippen molar-refractivity contribution in [2.24, 2.45) is 5.73 Å². The average molecular weight is 221 g/mol. The molecule has 1 aromatic carbocycles. The predicted octanol–water partition coefficient (Wildman–Crippen LogP) is 1.91. The first kappa shape index (κ1) is 11.3. The molecule has 0 radical (unpaired) electrons. The van der Waals surface area contributed by atoms with Crippen LogP contribution in [0.5, 0.6) is 11.5 Å². The lowest BCUT2D eigenvalue weighted by Crippen LogP contribution is -2.20. The first-order valence-electron chi connectivity index (χ1n) is 5.79. The van der Waals surface area contributed by atoms with E-state index < -0.39 is 0 Å². The van der Waals surface area contributed by atoms with Crippen molar-refractivity contribution in [2.75, 3.05) is 13.7 Å². The fourth-order valence-electron chi connectivity index (χ4n) is 2.15. The molecule has 0 bridgehead atoms. The van der Waals surface area contributed by atoms with Crippen molar-refractivity contribution in [3.63, 3.8) is 0 Å². The Labute approximate surface area is 96.5 Å². The van der Waals surface area contributed by atoms with Gasteiger partial charge in [0.2, 0.25) is 0 Å². The van der Waals surface area contributed by atoms with Crippen LogP contribution < -0.4 is 15.2 Å². The van der Waals surface area contributed by atoms with Crippen LogP contribution in [0.3, 0.4) is 0 Å². The number of ether oxygens (including phenoxy) is 2. The van der Waals surface area contributed by atoms with Gasteiger partial charge in [0.25, 0.3) is 0 Å². The Morgan fingerprint density at radius 3 is 3.00 bits per heavy atom. The molecule has 0 amide bonds. The predicted molar refractivity (Wildman–Crippen MR) is 64.2 cm³/mol. The Balaban J connectivity index is 2.39. The zero-order valence-corrected chi connectivity index (χ0v) is 9.95. The van der Waals surface area contributed by atoms with E-state index in [4.69, 9.17) is 15.2 Å². The molecule has 2 rings (SSSR count). The van der Waals surface area contributed by atoms with Crippen molar-refractivity contribution in [1.82, 2.24) is 0 Å². The minimum Gasteiger partial charge on any atom is -0.497 e. The van der Waals surface area contributed by atoms with E-state index in [9.17, 15) is 0 Å². The van der Waals surface area contributed by atoms with Crippen LogP contribution in [0.15, 0.2) is 12.1 Å². The lowest BCUT2D eigenvalue weighted by molar-refractivity contribution is 0.283. The van der Waals surface area contributed by atoms with Gasteiger partial charge in [0.15, 0.2) is 0 Å². The van der Waals surface area contributed by atoms with Crippen LogP contribution in [0.1, 0.15) is 24.5 Å². The third-order valence-electron chi connectivity index (χ3n) is 2.83. The molecule has 0 saturated carbocycles. The Bertz CT molecular complexity index is 374. The summed E-state index contributed by atoms with van der Waals surface area (Å²) in [7, 11) is 1.70. The largest absolute Gasteiger partial charge is 0.497 e. The fraction of sp³-hybridized carbons (Fsp3) is 0.538. The topological polar surface area (TPSA) is 44.5 Å². The molecule has 1 aliphatic heterocycles. The molecule has 0 fully saturated rings. The highest BCUT2D eigenvalue weighted by molar-refractivity contribution is 5.48. The van der Waals surface area contributed by atoms with Crippen LogP contribution in [-0.2, 0) is 12.8 Å². The van der Waals surface area contributed by atoms with E-state index in [0.29, 0.717) is 0 Å². The molecule has 1 aliphatic rings. The van der Waals surface area contributed by atoms with E-state index in [2.05, 4.69) is 6.07 Å². The van der Waals surface area contributed by atoms with E-state index in [0.717, 1.165) is 37.4 Å². The Morgan fingerprint density at radius 2 is 2.31 bits per heavy atom. The van der Waals surface area contributed by atoms with Gasteiger partial charge in [-0.1, -0.05) is 0 Å². The summed E-state index contributed by atoms with van der Waals surface area (Å²) in [5.74, 6) is 1.93. The second kappa shape index (κ2) is 4.74. The number of fused-ring (bicyclic) bond motifs is 1. The molecule has 0 saturated heterocycles. The third-order valence-corrected chi connectivity index (χ3v) is 2.83. The van der Waals surface area contributed by atoms with E-state index in [1.54, 1.807) is 7.11 Å². The summed E-state index contributed by atoms with van der Waals surface area (Å²) in [5.41, 5.74) is 8.27. The van der Waals surface area contributed by atoms with Gasteiger partial charge in [0.05, 0.1) is 13.7 Å². The van der Waals surface area contributed by atoms with Gasteiger partial charge in [-0.05, 0) is 49.4 Å². The molecule has 1 aromatic rings. The fourth-order valence-corrected chi connectivity index (χ4v) is 2.15. The van der Waals surface area contributed by atoms with Crippen LogP contribution in [0.2, 0.25) is 0 Å². The summed E-state index contributed by atoms with van der Waals surface area (Å²) in [6.45, 7) is 2.82. The monoisotopic (exact) mass is 221 g/mol. The summed E-state index contributed by atoms with van der Waals surface area (Å²) < 4.78 is 11.0. The lowest BCUT2D eigenvalue weighted by Gasteiger charge is -2.22. The molecule has 0 aliphatic carbocycles. The highest BCUT2D eigenvalue weighted by atomic mass is 16.5. The van der Waals surface area contributed by atoms with Crippen molar-refractivity contribution < 1.29 is 9.47 Å². The average Bonchev–Trinajstić information content (AvgIpc) is 2.28. The minimum atomic E-state index is 0.140. The Hall–Kier alpha value is -1.22. The molecule has 2 N–H and O–H groups in total. The highest BCUT2D eigenvalue weighted by Gasteiger charge is 2.17. The second-order valence-electron chi connectivity index (χ2n) is 4.41. The molecular formula is C13H19NO2. The summed E-state index contributed by atoms with van der Waals surface area (Å²) in [6, 6.07) is 4.24. The van der Waals surface area contributed by atoms with Gasteiger partial charge in [0, 0.05) is 6.04 Å². The number of aryl methyl sites for hydroxylation is 1. The number of hydrogen-bond acceptors (Lipinski definition) is 3. The Kier molecular flexibility index (Phi) is 3.34. The SMILES string of the molecule is COc1cc2c(c(CC(C)N)c1)OCCC2. The molecule has 16 heavy (non-hydrogen) atoms. The van der Waals surface area contributed by atoms with Crippen LogP contribution in [0, 0.1) is 0 Å². The van der Waals surface area contributed by atoms with Gasteiger partial charge in [0.1, 0.15) is 11.5 Å². The molecule has 3 nitrogen and oxygen atoms in total. The Morgan fingerprint density at radius 1 is 1.50 bits per heavy atom. The van der Waals surface area contributed by atoms with E-state index >= 15 is 0 Å². The maximum atomic E-state index is 5.85.